The van der Waals surface area contributed by atoms with Crippen LogP contribution in [0.5, 0.6) is 11.5 Å². The van der Waals surface area contributed by atoms with Crippen LogP contribution in [0, 0.1) is 20.8 Å². The van der Waals surface area contributed by atoms with Crippen LogP contribution in [0.15, 0.2) is 70.7 Å². The molecule has 0 aromatic heterocycles. The molecule has 9 heteroatoms. The summed E-state index contributed by atoms with van der Waals surface area (Å²) in [5, 5.41) is 3.98. The molecule has 0 spiro atoms. The number of methoxy groups -OCH3 is 2. The summed E-state index contributed by atoms with van der Waals surface area (Å²) in [7, 11) is -0.938. The van der Waals surface area contributed by atoms with Crippen LogP contribution < -0.4 is 19.2 Å². The van der Waals surface area contributed by atoms with Crippen molar-refractivity contribution >= 4 is 27.8 Å². The number of rotatable bonds is 9. The van der Waals surface area contributed by atoms with Crippen molar-refractivity contribution in [3.8, 4) is 11.5 Å². The smallest absolute Gasteiger partial charge is 0.264 e. The fourth-order valence-corrected chi connectivity index (χ4v) is 4.71. The number of nitrogens with one attached hydrogen (secondary N) is 1. The standard InChI is InChI=1S/C26H29N3O5S/c1-18-6-12-24(13-7-18)35(31,32)29(22-10-8-19(2)20(3)14-22)17-26(30)28-27-16-21-9-11-23(33-4)15-25(21)34-5/h6-16H,17H2,1-5H3,(H,28,30)/b27-16-. The maximum Gasteiger partial charge on any atom is 0.264 e. The van der Waals surface area contributed by atoms with Gasteiger partial charge in [0.25, 0.3) is 15.9 Å². The highest BCUT2D eigenvalue weighted by Gasteiger charge is 2.27. The quantitative estimate of drug-likeness (QED) is 0.358. The van der Waals surface area contributed by atoms with E-state index in [0.29, 0.717) is 22.7 Å². The highest BCUT2D eigenvalue weighted by Crippen LogP contribution is 2.26. The first-order valence-corrected chi connectivity index (χ1v) is 12.3. The molecule has 0 fully saturated rings. The van der Waals surface area contributed by atoms with E-state index in [0.717, 1.165) is 21.0 Å². The molecule has 0 heterocycles. The number of aryl methyl sites for hydroxylation is 3. The molecule has 3 aromatic carbocycles. The highest BCUT2D eigenvalue weighted by atomic mass is 32.2. The van der Waals surface area contributed by atoms with Crippen molar-refractivity contribution in [3.63, 3.8) is 0 Å². The molecule has 0 unspecified atom stereocenters. The molecule has 0 atom stereocenters. The Bertz CT molecular complexity index is 1340. The Labute approximate surface area is 206 Å². The first-order chi connectivity index (χ1) is 16.6. The monoisotopic (exact) mass is 495 g/mol. The van der Waals surface area contributed by atoms with Crippen LogP contribution in [0.3, 0.4) is 0 Å². The van der Waals surface area contributed by atoms with Gasteiger partial charge >= 0.3 is 0 Å². The van der Waals surface area contributed by atoms with E-state index in [1.807, 2.05) is 26.8 Å². The van der Waals surface area contributed by atoms with E-state index in [9.17, 15) is 13.2 Å². The third-order valence-electron chi connectivity index (χ3n) is 5.51. The number of anilines is 1. The zero-order valence-corrected chi connectivity index (χ0v) is 21.2. The molecule has 0 aliphatic heterocycles. The minimum absolute atomic E-state index is 0.0978. The molecule has 0 bridgehead atoms. The molecule has 0 saturated carbocycles. The molecule has 1 N–H and O–H groups in total. The van der Waals surface area contributed by atoms with Crippen LogP contribution in [-0.4, -0.2) is 41.3 Å². The first-order valence-electron chi connectivity index (χ1n) is 10.9. The van der Waals surface area contributed by atoms with Crippen LogP contribution >= 0.6 is 0 Å². The number of hydrogen-bond donors (Lipinski definition) is 1. The molecular weight excluding hydrogens is 466 g/mol. The van der Waals surface area contributed by atoms with Gasteiger partial charge in [-0.3, -0.25) is 9.10 Å². The minimum atomic E-state index is -4.00. The Morgan fingerprint density at radius 1 is 0.943 bits per heavy atom. The van der Waals surface area contributed by atoms with Crippen molar-refractivity contribution < 1.29 is 22.7 Å². The molecule has 1 amide bonds. The van der Waals surface area contributed by atoms with Crippen molar-refractivity contribution in [2.24, 2.45) is 5.10 Å². The summed E-state index contributed by atoms with van der Waals surface area (Å²) in [6.45, 7) is 5.26. The predicted molar refractivity (Wildman–Crippen MR) is 137 cm³/mol. The lowest BCUT2D eigenvalue weighted by Gasteiger charge is -2.24. The molecule has 0 radical (unpaired) electrons. The van der Waals surface area contributed by atoms with E-state index in [2.05, 4.69) is 10.5 Å². The summed E-state index contributed by atoms with van der Waals surface area (Å²) in [6.07, 6.45) is 1.42. The zero-order chi connectivity index (χ0) is 25.6. The van der Waals surface area contributed by atoms with Gasteiger partial charge < -0.3 is 9.47 Å². The van der Waals surface area contributed by atoms with Gasteiger partial charge in [-0.15, -0.1) is 0 Å². The number of benzene rings is 3. The lowest BCUT2D eigenvalue weighted by atomic mass is 10.1. The van der Waals surface area contributed by atoms with Crippen LogP contribution in [0.25, 0.3) is 0 Å². The van der Waals surface area contributed by atoms with Gasteiger partial charge in [0.2, 0.25) is 0 Å². The number of ether oxygens (including phenoxy) is 2. The number of carbonyl (C=O) groups is 1. The van der Waals surface area contributed by atoms with Crippen molar-refractivity contribution in [2.75, 3.05) is 25.1 Å². The van der Waals surface area contributed by atoms with Gasteiger partial charge in [-0.25, -0.2) is 13.8 Å². The van der Waals surface area contributed by atoms with Crippen molar-refractivity contribution in [2.45, 2.75) is 25.7 Å². The average Bonchev–Trinajstić information content (AvgIpc) is 2.84. The third kappa shape index (κ3) is 6.19. The normalized spacial score (nSPS) is 11.3. The molecule has 184 valence electrons. The van der Waals surface area contributed by atoms with Gasteiger partial charge in [-0.2, -0.15) is 5.10 Å². The largest absolute Gasteiger partial charge is 0.497 e. The van der Waals surface area contributed by atoms with Crippen LogP contribution in [0.1, 0.15) is 22.3 Å². The number of amides is 1. The second-order valence-corrected chi connectivity index (χ2v) is 9.86. The zero-order valence-electron chi connectivity index (χ0n) is 20.4. The molecular formula is C26H29N3O5S. The lowest BCUT2D eigenvalue weighted by molar-refractivity contribution is -0.119. The molecule has 3 rings (SSSR count). The summed E-state index contributed by atoms with van der Waals surface area (Å²) in [5.74, 6) is 0.539. The van der Waals surface area contributed by atoms with Crippen molar-refractivity contribution in [1.29, 1.82) is 0 Å². The number of nitrogens with zero attached hydrogens (tertiary/aromatic N) is 2. The van der Waals surface area contributed by atoms with Crippen LogP contribution in [-0.2, 0) is 14.8 Å². The van der Waals surface area contributed by atoms with E-state index < -0.39 is 22.5 Å². The number of carbonyl (C=O) groups excluding carboxylic acids is 1. The van der Waals surface area contributed by atoms with E-state index in [4.69, 9.17) is 9.47 Å². The second kappa shape index (κ2) is 11.1. The fourth-order valence-electron chi connectivity index (χ4n) is 3.30. The van der Waals surface area contributed by atoms with Gasteiger partial charge in [0.1, 0.15) is 18.0 Å². The number of hydrogen-bond acceptors (Lipinski definition) is 6. The summed E-state index contributed by atoms with van der Waals surface area (Å²) in [5.41, 5.74) is 6.28. The van der Waals surface area contributed by atoms with E-state index in [1.54, 1.807) is 49.6 Å². The first kappa shape index (κ1) is 25.8. The Morgan fingerprint density at radius 3 is 2.29 bits per heavy atom. The Kier molecular flexibility index (Phi) is 8.14. The van der Waals surface area contributed by atoms with Crippen LogP contribution in [0.4, 0.5) is 5.69 Å². The van der Waals surface area contributed by atoms with Gasteiger partial charge in [-0.05, 0) is 68.3 Å². The Hall–Kier alpha value is -3.85. The minimum Gasteiger partial charge on any atom is -0.497 e. The van der Waals surface area contributed by atoms with Crippen molar-refractivity contribution in [1.82, 2.24) is 5.43 Å². The molecule has 3 aromatic rings. The van der Waals surface area contributed by atoms with Crippen molar-refractivity contribution in [3.05, 3.63) is 82.9 Å². The maximum atomic E-state index is 13.5. The van der Waals surface area contributed by atoms with E-state index in [-0.39, 0.29) is 4.90 Å². The van der Waals surface area contributed by atoms with E-state index >= 15 is 0 Å². The topological polar surface area (TPSA) is 97.3 Å². The summed E-state index contributed by atoms with van der Waals surface area (Å²) in [6, 6.07) is 16.9. The summed E-state index contributed by atoms with van der Waals surface area (Å²) in [4.78, 5) is 12.9. The molecule has 8 nitrogen and oxygen atoms in total. The maximum absolute atomic E-state index is 13.5. The van der Waals surface area contributed by atoms with Crippen LogP contribution in [0.2, 0.25) is 0 Å². The second-order valence-electron chi connectivity index (χ2n) is 7.99. The molecule has 0 saturated heterocycles. The Morgan fingerprint density at radius 2 is 1.66 bits per heavy atom. The van der Waals surface area contributed by atoms with Gasteiger partial charge in [-0.1, -0.05) is 23.8 Å². The lowest BCUT2D eigenvalue weighted by Crippen LogP contribution is -2.39. The SMILES string of the molecule is COc1ccc(/C=N\NC(=O)CN(c2ccc(C)c(C)c2)S(=O)(=O)c2ccc(C)cc2)c(OC)c1. The van der Waals surface area contributed by atoms with Gasteiger partial charge in [0.05, 0.1) is 31.0 Å². The average molecular weight is 496 g/mol. The Balaban J connectivity index is 1.86. The highest BCUT2D eigenvalue weighted by molar-refractivity contribution is 7.92. The fraction of sp³-hybridized carbons (Fsp3) is 0.231. The summed E-state index contributed by atoms with van der Waals surface area (Å²) < 4.78 is 38.6. The van der Waals surface area contributed by atoms with Gasteiger partial charge in [0, 0.05) is 11.6 Å². The van der Waals surface area contributed by atoms with E-state index in [1.165, 1.54) is 25.5 Å². The van der Waals surface area contributed by atoms with Gasteiger partial charge in [0.15, 0.2) is 0 Å². The predicted octanol–water partition coefficient (Wildman–Crippen LogP) is 3.97. The molecule has 0 aliphatic carbocycles. The summed E-state index contributed by atoms with van der Waals surface area (Å²) >= 11 is 0. The third-order valence-corrected chi connectivity index (χ3v) is 7.30. The molecule has 35 heavy (non-hydrogen) atoms. The number of hydrazone groups is 1. The molecule has 0 aliphatic rings. The number of sulfonamides is 1.